The predicted octanol–water partition coefficient (Wildman–Crippen LogP) is 3.83. The van der Waals surface area contributed by atoms with Gasteiger partial charge in [0.15, 0.2) is 6.10 Å². The lowest BCUT2D eigenvalue weighted by atomic mass is 9.93. The van der Waals surface area contributed by atoms with Crippen molar-refractivity contribution in [3.63, 3.8) is 0 Å². The van der Waals surface area contributed by atoms with Crippen LogP contribution in [0.4, 0.5) is 0 Å². The first-order valence-corrected chi connectivity index (χ1v) is 15.1. The van der Waals surface area contributed by atoms with Crippen molar-refractivity contribution in [2.24, 2.45) is 11.8 Å². The summed E-state index contributed by atoms with van der Waals surface area (Å²) in [6.07, 6.45) is 1.50. The zero-order chi connectivity index (χ0) is 31.6. The smallest absolute Gasteiger partial charge is 0.347 e. The number of methoxy groups -OCH3 is 1. The van der Waals surface area contributed by atoms with Crippen molar-refractivity contribution in [3.05, 3.63) is 77.9 Å². The molecule has 0 aromatic heterocycles. The zero-order valence-electron chi connectivity index (χ0n) is 25.7. The van der Waals surface area contributed by atoms with E-state index in [4.69, 9.17) is 18.9 Å². The number of esters is 2. The molecule has 2 aromatic rings. The summed E-state index contributed by atoms with van der Waals surface area (Å²) in [5.74, 6) is -1.67. The van der Waals surface area contributed by atoms with E-state index in [-0.39, 0.29) is 56.3 Å². The molecule has 0 spiro atoms. The van der Waals surface area contributed by atoms with E-state index in [2.05, 4.69) is 10.6 Å². The molecule has 0 saturated carbocycles. The second kappa shape index (κ2) is 15.5. The molecule has 1 saturated heterocycles. The van der Waals surface area contributed by atoms with E-state index in [1.165, 1.54) is 6.08 Å². The number of amides is 2. The molecule has 6 atom stereocenters. The number of rotatable bonds is 8. The Morgan fingerprint density at radius 1 is 0.955 bits per heavy atom. The first-order valence-electron chi connectivity index (χ1n) is 15.1. The highest BCUT2D eigenvalue weighted by Gasteiger charge is 2.47. The highest BCUT2D eigenvalue weighted by Crippen LogP contribution is 2.45. The third kappa shape index (κ3) is 9.41. The lowest BCUT2D eigenvalue weighted by Crippen LogP contribution is -2.48. The molecule has 2 amide bonds. The monoisotopic (exact) mass is 606 g/mol. The molecular weight excluding hydrogens is 564 g/mol. The summed E-state index contributed by atoms with van der Waals surface area (Å²) < 4.78 is 22.7. The molecule has 2 unspecified atom stereocenters. The fraction of sp³-hybridized carbons (Fsp3) is 0.471. The molecule has 2 aliphatic rings. The van der Waals surface area contributed by atoms with E-state index in [1.807, 2.05) is 63.2 Å². The molecule has 1 fully saturated rings. The van der Waals surface area contributed by atoms with Gasteiger partial charge in [-0.2, -0.15) is 0 Å². The average Bonchev–Trinajstić information content (AvgIpc) is 3.81. The number of hydrogen-bond donors (Lipinski definition) is 2. The van der Waals surface area contributed by atoms with Gasteiger partial charge < -0.3 is 29.6 Å². The number of nitrogens with one attached hydrogen (secondary N) is 2. The third-order valence-electron chi connectivity index (χ3n) is 7.75. The number of carbonyl (C=O) groups is 4. The number of cyclic esters (lactones) is 2. The van der Waals surface area contributed by atoms with Crippen LogP contribution in [-0.4, -0.2) is 61.8 Å². The highest BCUT2D eigenvalue weighted by atomic mass is 16.6. The molecule has 44 heavy (non-hydrogen) atoms. The lowest BCUT2D eigenvalue weighted by molar-refractivity contribution is -0.174. The van der Waals surface area contributed by atoms with Crippen LogP contribution in [0.5, 0.6) is 5.75 Å². The van der Waals surface area contributed by atoms with E-state index < -0.39 is 42.0 Å². The van der Waals surface area contributed by atoms with Gasteiger partial charge in [0.25, 0.3) is 0 Å². The molecule has 10 heteroatoms. The van der Waals surface area contributed by atoms with Crippen LogP contribution in [0.2, 0.25) is 0 Å². The Bertz CT molecular complexity index is 1310. The second-order valence-corrected chi connectivity index (χ2v) is 11.7. The molecule has 0 radical (unpaired) electrons. The molecule has 4 rings (SSSR count). The zero-order valence-corrected chi connectivity index (χ0v) is 25.7. The quantitative estimate of drug-likeness (QED) is 0.342. The van der Waals surface area contributed by atoms with Crippen molar-refractivity contribution in [2.75, 3.05) is 13.7 Å². The molecule has 2 aliphatic heterocycles. The van der Waals surface area contributed by atoms with E-state index >= 15 is 0 Å². The van der Waals surface area contributed by atoms with Crippen molar-refractivity contribution in [1.29, 1.82) is 0 Å². The number of carbonyl (C=O) groups excluding carboxylic acids is 4. The van der Waals surface area contributed by atoms with Gasteiger partial charge in [0.05, 0.1) is 19.6 Å². The summed E-state index contributed by atoms with van der Waals surface area (Å²) in [4.78, 5) is 52.2. The van der Waals surface area contributed by atoms with Crippen LogP contribution in [0, 0.1) is 11.8 Å². The maximum atomic E-state index is 13.3. The number of epoxide rings is 1. The molecule has 10 nitrogen and oxygen atoms in total. The minimum Gasteiger partial charge on any atom is -0.497 e. The van der Waals surface area contributed by atoms with E-state index in [0.717, 1.165) is 11.1 Å². The van der Waals surface area contributed by atoms with Gasteiger partial charge in [-0.3, -0.25) is 14.4 Å². The highest BCUT2D eigenvalue weighted by molar-refractivity contribution is 5.93. The fourth-order valence-electron chi connectivity index (χ4n) is 5.23. The van der Waals surface area contributed by atoms with Gasteiger partial charge in [-0.1, -0.05) is 69.3 Å². The van der Waals surface area contributed by atoms with Crippen LogP contribution in [0.1, 0.15) is 57.3 Å². The summed E-state index contributed by atoms with van der Waals surface area (Å²) in [5, 5.41) is 5.47. The van der Waals surface area contributed by atoms with Crippen molar-refractivity contribution >= 4 is 23.8 Å². The van der Waals surface area contributed by atoms with E-state index in [1.54, 1.807) is 25.3 Å². The Labute approximate surface area is 258 Å². The Morgan fingerprint density at radius 2 is 1.68 bits per heavy atom. The van der Waals surface area contributed by atoms with Gasteiger partial charge in [0.2, 0.25) is 11.8 Å². The van der Waals surface area contributed by atoms with Crippen molar-refractivity contribution < 1.29 is 38.1 Å². The van der Waals surface area contributed by atoms with Gasteiger partial charge in [-0.05, 0) is 41.7 Å². The summed E-state index contributed by atoms with van der Waals surface area (Å²) in [6.45, 7) is 5.77. The summed E-state index contributed by atoms with van der Waals surface area (Å²) in [7, 11) is 1.57. The molecule has 2 N–H and O–H groups in total. The molecule has 0 aliphatic carbocycles. The van der Waals surface area contributed by atoms with Crippen LogP contribution in [0.3, 0.4) is 0 Å². The van der Waals surface area contributed by atoms with Crippen molar-refractivity contribution in [2.45, 2.75) is 76.9 Å². The van der Waals surface area contributed by atoms with Crippen LogP contribution in [-0.2, 0) is 39.8 Å². The van der Waals surface area contributed by atoms with E-state index in [0.29, 0.717) is 5.75 Å². The first-order chi connectivity index (χ1) is 21.1. The summed E-state index contributed by atoms with van der Waals surface area (Å²) in [5.41, 5.74) is 1.85. The van der Waals surface area contributed by atoms with Crippen LogP contribution in [0.15, 0.2) is 66.7 Å². The van der Waals surface area contributed by atoms with Gasteiger partial charge >= 0.3 is 11.9 Å². The van der Waals surface area contributed by atoms with E-state index in [9.17, 15) is 19.2 Å². The maximum absolute atomic E-state index is 13.3. The standard InChI is InChI=1S/C34H42N2O8/c1-21(2)19-28-34(40)43-27(22(3)31-32(44-31)24-9-6-5-7-10-24)11-8-12-29(37)36-26(33(39)35-18-17-30(38)42-28)20-23-13-15-25(41-4)16-14-23/h5-10,12-16,21-22,26-28,31-32H,11,17-20H2,1-4H3,(H,35,39)(H,36,37)/b12-8+/t22?,26-,27+,28+,31-,32?/m1/s1. The van der Waals surface area contributed by atoms with Crippen LogP contribution >= 0.6 is 0 Å². The number of ether oxygens (including phenoxy) is 4. The van der Waals surface area contributed by atoms with Gasteiger partial charge in [-0.25, -0.2) is 4.79 Å². The molecule has 236 valence electrons. The Kier molecular flexibility index (Phi) is 11.5. The molecule has 2 heterocycles. The predicted molar refractivity (Wildman–Crippen MR) is 162 cm³/mol. The minimum atomic E-state index is -1.10. The van der Waals surface area contributed by atoms with Crippen LogP contribution < -0.4 is 15.4 Å². The van der Waals surface area contributed by atoms with Crippen molar-refractivity contribution in [1.82, 2.24) is 10.6 Å². The normalized spacial score (nSPS) is 26.5. The largest absolute Gasteiger partial charge is 0.497 e. The summed E-state index contributed by atoms with van der Waals surface area (Å²) >= 11 is 0. The SMILES string of the molecule is COc1ccc(C[C@H]2NC(=O)/C=C/C[C@@H](C(C)[C@H]3OC3c3ccccc3)OC(=O)[C@H](CC(C)C)OC(=O)CCNC2=O)cc1. The number of benzene rings is 2. The van der Waals surface area contributed by atoms with Gasteiger partial charge in [0.1, 0.15) is 24.0 Å². The molecule has 0 bridgehead atoms. The fourth-order valence-corrected chi connectivity index (χ4v) is 5.23. The Hall–Kier alpha value is -4.18. The van der Waals surface area contributed by atoms with Gasteiger partial charge in [0, 0.05) is 25.3 Å². The lowest BCUT2D eigenvalue weighted by Gasteiger charge is -2.26. The Balaban J connectivity index is 1.54. The number of hydrogen-bond acceptors (Lipinski definition) is 8. The topological polar surface area (TPSA) is 133 Å². The summed E-state index contributed by atoms with van der Waals surface area (Å²) in [6, 6.07) is 16.1. The molecular formula is C34H42N2O8. The second-order valence-electron chi connectivity index (χ2n) is 11.7. The van der Waals surface area contributed by atoms with Gasteiger partial charge in [-0.15, -0.1) is 0 Å². The Morgan fingerprint density at radius 3 is 2.36 bits per heavy atom. The van der Waals surface area contributed by atoms with Crippen LogP contribution in [0.25, 0.3) is 0 Å². The van der Waals surface area contributed by atoms with Crippen molar-refractivity contribution in [3.8, 4) is 5.75 Å². The first kappa shape index (κ1) is 32.7. The average molecular weight is 607 g/mol. The minimum absolute atomic E-state index is 0.0223. The maximum Gasteiger partial charge on any atom is 0.347 e. The third-order valence-corrected chi connectivity index (χ3v) is 7.75. The molecule has 2 aromatic carbocycles.